The first-order valence-corrected chi connectivity index (χ1v) is 5.57. The van der Waals surface area contributed by atoms with Gasteiger partial charge in [0, 0.05) is 5.56 Å². The first-order chi connectivity index (χ1) is 8.11. The largest absolute Gasteiger partial charge is 0.497 e. The van der Waals surface area contributed by atoms with Crippen LogP contribution in [0.5, 0.6) is 5.75 Å². The van der Waals surface area contributed by atoms with Crippen molar-refractivity contribution in [3.05, 3.63) is 29.1 Å². The lowest BCUT2D eigenvalue weighted by atomic mass is 10.1. The van der Waals surface area contributed by atoms with E-state index in [2.05, 4.69) is 4.98 Å². The van der Waals surface area contributed by atoms with E-state index in [4.69, 9.17) is 15.6 Å². The number of hydrogen-bond donors (Lipinski definition) is 2. The van der Waals surface area contributed by atoms with Gasteiger partial charge in [0.05, 0.1) is 12.8 Å². The van der Waals surface area contributed by atoms with Crippen LogP contribution in [0.25, 0.3) is 11.3 Å². The van der Waals surface area contributed by atoms with Crippen LogP contribution >= 0.6 is 11.3 Å². The second kappa shape index (κ2) is 4.42. The summed E-state index contributed by atoms with van der Waals surface area (Å²) in [6, 6.07) is 7.04. The van der Waals surface area contributed by atoms with Crippen LogP contribution in [0.3, 0.4) is 0 Å². The molecule has 0 radical (unpaired) electrons. The van der Waals surface area contributed by atoms with E-state index in [1.807, 2.05) is 0 Å². The van der Waals surface area contributed by atoms with Crippen LogP contribution in [0.4, 0.5) is 5.13 Å². The Balaban J connectivity index is 2.55. The average molecular weight is 250 g/mol. The third-order valence-electron chi connectivity index (χ3n) is 2.18. The zero-order chi connectivity index (χ0) is 12.4. The smallest absolute Gasteiger partial charge is 0.348 e. The molecule has 0 atom stereocenters. The maximum Gasteiger partial charge on any atom is 0.348 e. The number of carboxylic acids is 1. The van der Waals surface area contributed by atoms with Gasteiger partial charge in [0.1, 0.15) is 10.6 Å². The standard InChI is InChI=1S/C11H10N2O3S/c1-16-7-4-2-3-6(5-7)8-9(10(14)15)17-11(12)13-8/h2-5H,1H3,(H2,12,13)(H,14,15). The lowest BCUT2D eigenvalue weighted by Gasteiger charge is -2.02. The van der Waals surface area contributed by atoms with Crippen LogP contribution in [0.1, 0.15) is 9.67 Å². The lowest BCUT2D eigenvalue weighted by Crippen LogP contribution is -1.95. The van der Waals surface area contributed by atoms with Crippen molar-refractivity contribution in [2.24, 2.45) is 0 Å². The summed E-state index contributed by atoms with van der Waals surface area (Å²) in [5, 5.41) is 9.29. The average Bonchev–Trinajstić information content (AvgIpc) is 2.72. The summed E-state index contributed by atoms with van der Waals surface area (Å²) in [5.41, 5.74) is 6.59. The van der Waals surface area contributed by atoms with Crippen LogP contribution in [0.15, 0.2) is 24.3 Å². The van der Waals surface area contributed by atoms with E-state index in [0.717, 1.165) is 11.3 Å². The highest BCUT2D eigenvalue weighted by molar-refractivity contribution is 7.17. The summed E-state index contributed by atoms with van der Waals surface area (Å²) in [5.74, 6) is -0.387. The second-order valence-electron chi connectivity index (χ2n) is 3.27. The Hall–Kier alpha value is -2.08. The first-order valence-electron chi connectivity index (χ1n) is 4.76. The van der Waals surface area contributed by atoms with E-state index in [1.165, 1.54) is 0 Å². The first kappa shape index (κ1) is 11.4. The number of carbonyl (C=O) groups is 1. The van der Waals surface area contributed by atoms with E-state index in [0.29, 0.717) is 17.0 Å². The fourth-order valence-electron chi connectivity index (χ4n) is 1.45. The molecule has 1 aromatic heterocycles. The molecule has 1 heterocycles. The molecule has 0 unspecified atom stereocenters. The molecule has 17 heavy (non-hydrogen) atoms. The Bertz CT molecular complexity index is 566. The molecule has 0 amide bonds. The lowest BCUT2D eigenvalue weighted by molar-refractivity contribution is 0.0702. The molecule has 0 aliphatic carbocycles. The predicted molar refractivity (Wildman–Crippen MR) is 65.5 cm³/mol. The molecule has 2 rings (SSSR count). The number of methoxy groups -OCH3 is 1. The van der Waals surface area contributed by atoms with Crippen molar-refractivity contribution in [1.29, 1.82) is 0 Å². The maximum absolute atomic E-state index is 11.0. The van der Waals surface area contributed by atoms with Gasteiger partial charge >= 0.3 is 5.97 Å². The van der Waals surface area contributed by atoms with E-state index < -0.39 is 5.97 Å². The number of thiazole rings is 1. The van der Waals surface area contributed by atoms with E-state index in [9.17, 15) is 4.79 Å². The summed E-state index contributed by atoms with van der Waals surface area (Å²) in [6.45, 7) is 0. The quantitative estimate of drug-likeness (QED) is 0.871. The van der Waals surface area contributed by atoms with Gasteiger partial charge in [-0.05, 0) is 12.1 Å². The number of nitrogens with two attached hydrogens (primary N) is 1. The van der Waals surface area contributed by atoms with Crippen molar-refractivity contribution in [2.45, 2.75) is 0 Å². The maximum atomic E-state index is 11.0. The van der Waals surface area contributed by atoms with Gasteiger partial charge in [-0.2, -0.15) is 0 Å². The topological polar surface area (TPSA) is 85.4 Å². The summed E-state index contributed by atoms with van der Waals surface area (Å²) in [4.78, 5) is 15.2. The molecule has 5 nitrogen and oxygen atoms in total. The summed E-state index contributed by atoms with van der Waals surface area (Å²) >= 11 is 0.957. The zero-order valence-corrected chi connectivity index (χ0v) is 9.82. The van der Waals surface area contributed by atoms with Crippen molar-refractivity contribution >= 4 is 22.4 Å². The number of hydrogen-bond acceptors (Lipinski definition) is 5. The predicted octanol–water partition coefficient (Wildman–Crippen LogP) is 2.10. The minimum absolute atomic E-state index is 0.135. The number of benzene rings is 1. The molecule has 0 aliphatic rings. The third kappa shape index (κ3) is 2.21. The van der Waals surface area contributed by atoms with Gasteiger partial charge in [-0.15, -0.1) is 0 Å². The minimum atomic E-state index is -1.03. The number of anilines is 1. The van der Waals surface area contributed by atoms with Gasteiger partial charge in [-0.25, -0.2) is 9.78 Å². The van der Waals surface area contributed by atoms with Gasteiger partial charge in [0.2, 0.25) is 0 Å². The molecule has 0 saturated carbocycles. The molecule has 0 saturated heterocycles. The van der Waals surface area contributed by atoms with E-state index in [1.54, 1.807) is 31.4 Å². The summed E-state index contributed by atoms with van der Waals surface area (Å²) < 4.78 is 5.08. The Morgan fingerprint density at radius 1 is 1.53 bits per heavy atom. The Labute approximate surface area is 101 Å². The van der Waals surface area contributed by atoms with E-state index >= 15 is 0 Å². The number of carboxylic acid groups (broad SMARTS) is 1. The number of ether oxygens (including phenoxy) is 1. The SMILES string of the molecule is COc1cccc(-c2nc(N)sc2C(=O)O)c1. The number of aromatic carboxylic acids is 1. The molecule has 6 heteroatoms. The third-order valence-corrected chi connectivity index (χ3v) is 3.05. The zero-order valence-electron chi connectivity index (χ0n) is 9.01. The molecule has 1 aromatic carbocycles. The molecule has 0 fully saturated rings. The van der Waals surface area contributed by atoms with Crippen molar-refractivity contribution in [2.75, 3.05) is 12.8 Å². The fraction of sp³-hybridized carbons (Fsp3) is 0.0909. The van der Waals surface area contributed by atoms with Crippen LogP contribution < -0.4 is 10.5 Å². The van der Waals surface area contributed by atoms with Gasteiger partial charge in [-0.1, -0.05) is 23.5 Å². The van der Waals surface area contributed by atoms with Crippen LogP contribution in [-0.2, 0) is 0 Å². The minimum Gasteiger partial charge on any atom is -0.497 e. The van der Waals surface area contributed by atoms with Gasteiger partial charge in [0.15, 0.2) is 5.13 Å². The molecule has 0 spiro atoms. The van der Waals surface area contributed by atoms with Crippen LogP contribution in [0, 0.1) is 0 Å². The molecule has 3 N–H and O–H groups in total. The second-order valence-corrected chi connectivity index (χ2v) is 4.30. The Kier molecular flexibility index (Phi) is 2.97. The molecule has 88 valence electrons. The van der Waals surface area contributed by atoms with Crippen molar-refractivity contribution in [3.8, 4) is 17.0 Å². The van der Waals surface area contributed by atoms with Gasteiger partial charge in [-0.3, -0.25) is 0 Å². The monoisotopic (exact) mass is 250 g/mol. The number of rotatable bonds is 3. The number of nitrogens with zero attached hydrogens (tertiary/aromatic N) is 1. The molecule has 2 aromatic rings. The molecule has 0 bridgehead atoms. The molecular weight excluding hydrogens is 240 g/mol. The van der Waals surface area contributed by atoms with Crippen molar-refractivity contribution in [3.63, 3.8) is 0 Å². The Morgan fingerprint density at radius 2 is 2.29 bits per heavy atom. The molecular formula is C11H10N2O3S. The van der Waals surface area contributed by atoms with Gasteiger partial charge < -0.3 is 15.6 Å². The highest BCUT2D eigenvalue weighted by Gasteiger charge is 2.17. The number of aromatic nitrogens is 1. The van der Waals surface area contributed by atoms with Crippen molar-refractivity contribution < 1.29 is 14.6 Å². The highest BCUT2D eigenvalue weighted by Crippen LogP contribution is 2.31. The number of nitrogen functional groups attached to an aromatic ring is 1. The van der Waals surface area contributed by atoms with Gasteiger partial charge in [0.25, 0.3) is 0 Å². The summed E-state index contributed by atoms with van der Waals surface area (Å²) in [7, 11) is 1.55. The normalized spacial score (nSPS) is 10.2. The van der Waals surface area contributed by atoms with Crippen LogP contribution in [0.2, 0.25) is 0 Å². The van der Waals surface area contributed by atoms with Crippen LogP contribution in [-0.4, -0.2) is 23.2 Å². The highest BCUT2D eigenvalue weighted by atomic mass is 32.1. The summed E-state index contributed by atoms with van der Waals surface area (Å²) in [6.07, 6.45) is 0. The Morgan fingerprint density at radius 3 is 2.94 bits per heavy atom. The van der Waals surface area contributed by atoms with E-state index in [-0.39, 0.29) is 10.0 Å². The molecule has 0 aliphatic heterocycles. The van der Waals surface area contributed by atoms with Crippen molar-refractivity contribution in [1.82, 2.24) is 4.98 Å². The fourth-order valence-corrected chi connectivity index (χ4v) is 2.14.